The summed E-state index contributed by atoms with van der Waals surface area (Å²) in [6.07, 6.45) is 0. The van der Waals surface area contributed by atoms with Crippen LogP contribution < -0.4 is 9.47 Å². The molecule has 1 aliphatic heterocycles. The molecule has 0 amide bonds. The van der Waals surface area contributed by atoms with E-state index in [1.165, 1.54) is 29.6 Å². The first kappa shape index (κ1) is 46.0. The Hall–Kier alpha value is -1.12. The fourth-order valence-corrected chi connectivity index (χ4v) is 4.29. The van der Waals surface area contributed by atoms with Crippen molar-refractivity contribution in [3.8, 4) is 11.5 Å². The summed E-state index contributed by atoms with van der Waals surface area (Å²) in [6.45, 7) is 19.2. The summed E-state index contributed by atoms with van der Waals surface area (Å²) < 4.78 is 112. The van der Waals surface area contributed by atoms with Crippen LogP contribution in [0, 0.1) is 43.4 Å². The Morgan fingerprint density at radius 2 is 0.667 bits per heavy atom. The van der Waals surface area contributed by atoms with Crippen LogP contribution in [0.1, 0.15) is 56.9 Å². The predicted octanol–water partition coefficient (Wildman–Crippen LogP) is 7.97. The second kappa shape index (κ2) is 22.4. The van der Waals surface area contributed by atoms with E-state index in [-0.39, 0.29) is 20.1 Å². The van der Waals surface area contributed by atoms with Gasteiger partial charge in [0, 0.05) is 22.3 Å². The average Bonchev–Trinajstić information content (AvgIpc) is 3.06. The maximum atomic E-state index is 9.75. The third-order valence-electron chi connectivity index (χ3n) is 6.96. The van der Waals surface area contributed by atoms with Crippen LogP contribution in [-0.4, -0.2) is 68.4 Å². The standard InChI is InChI=1S/C18H28O6.C10H15.2BF4.Ir/c1-13-15-11-23-9-7-21-5-6-22-8-10-24-12-16(18(15)20-4)14(2)17(13)19-3;1-6-7(2)9(4)10(5)8(6)3;2*2-1(3,4)5;/h5-12H2,1-4H3;1-5H3;;;/q;;2*-1;+3. The van der Waals surface area contributed by atoms with Crippen molar-refractivity contribution in [2.24, 2.45) is 0 Å². The van der Waals surface area contributed by atoms with Gasteiger partial charge >= 0.3 is 34.6 Å². The number of ether oxygens (including phenoxy) is 6. The van der Waals surface area contributed by atoms with Gasteiger partial charge in [0.25, 0.3) is 0 Å². The van der Waals surface area contributed by atoms with E-state index < -0.39 is 14.5 Å². The molecule has 17 heteroatoms. The Kier molecular flexibility index (Phi) is 22.9. The van der Waals surface area contributed by atoms with Crippen molar-refractivity contribution in [2.75, 3.05) is 53.9 Å². The Labute approximate surface area is 276 Å². The normalized spacial score (nSPS) is 18.4. The van der Waals surface area contributed by atoms with Crippen molar-refractivity contribution in [3.63, 3.8) is 0 Å². The molecule has 0 unspecified atom stereocenters. The number of hydrogen-bond donors (Lipinski definition) is 0. The molecular weight excluding hydrogens is 798 g/mol. The number of fused-ring (bicyclic) bond motifs is 2. The molecule has 1 heterocycles. The summed E-state index contributed by atoms with van der Waals surface area (Å²) >= 11 is 0. The van der Waals surface area contributed by atoms with E-state index in [1.807, 2.05) is 13.8 Å². The topological polar surface area (TPSA) is 55.4 Å². The number of hydrogen-bond acceptors (Lipinski definition) is 6. The number of rotatable bonds is 2. The van der Waals surface area contributed by atoms with Crippen LogP contribution in [0.4, 0.5) is 34.5 Å². The minimum atomic E-state index is -6.00. The van der Waals surface area contributed by atoms with Gasteiger partial charge in [-0.05, 0) is 43.4 Å². The number of benzene rings is 1. The SMILES string of the molecule is COc1c(C)c2c(OC)c(c1C)COCCOCCOCCOC2.C[C]1[C](C)[C](C)[C](C)[C]1C.F[B-](F)(F)F.F[B-](F)(F)F.[Ir+3]. The Balaban J connectivity index is 0. The van der Waals surface area contributed by atoms with Crippen molar-refractivity contribution >= 4 is 14.5 Å². The molecule has 6 nitrogen and oxygen atoms in total. The zero-order valence-electron chi connectivity index (χ0n) is 27.1. The smallest absolute Gasteiger partial charge is 0.496 e. The molecule has 2 bridgehead atoms. The van der Waals surface area contributed by atoms with Gasteiger partial charge in [0.2, 0.25) is 0 Å². The third kappa shape index (κ3) is 18.7. The molecule has 0 saturated heterocycles. The fourth-order valence-electron chi connectivity index (χ4n) is 4.29. The van der Waals surface area contributed by atoms with E-state index in [9.17, 15) is 34.5 Å². The van der Waals surface area contributed by atoms with Crippen molar-refractivity contribution in [2.45, 2.75) is 61.7 Å². The van der Waals surface area contributed by atoms with Crippen molar-refractivity contribution in [3.05, 3.63) is 51.8 Å². The van der Waals surface area contributed by atoms with Crippen LogP contribution in [-0.2, 0) is 52.3 Å². The van der Waals surface area contributed by atoms with Gasteiger partial charge < -0.3 is 62.9 Å². The average molecular weight is 841 g/mol. The van der Waals surface area contributed by atoms with Gasteiger partial charge in [0.05, 0.1) is 67.1 Å². The van der Waals surface area contributed by atoms with Gasteiger partial charge in [-0.3, -0.25) is 0 Å². The molecule has 261 valence electrons. The number of halogens is 8. The van der Waals surface area contributed by atoms with E-state index in [1.54, 1.807) is 14.2 Å². The van der Waals surface area contributed by atoms with Crippen molar-refractivity contribution in [1.29, 1.82) is 0 Å². The largest absolute Gasteiger partial charge is 3.00 e. The van der Waals surface area contributed by atoms with E-state index >= 15 is 0 Å². The molecule has 2 aliphatic rings. The molecule has 0 atom stereocenters. The molecule has 0 aromatic heterocycles. The monoisotopic (exact) mass is 842 g/mol. The maximum Gasteiger partial charge on any atom is 3.00 e. The first-order chi connectivity index (χ1) is 20.3. The quantitative estimate of drug-likeness (QED) is 0.223. The summed E-state index contributed by atoms with van der Waals surface area (Å²) in [7, 11) is -8.64. The van der Waals surface area contributed by atoms with Crippen LogP contribution in [0.15, 0.2) is 0 Å². The Bertz CT molecular complexity index is 849. The molecule has 1 aliphatic carbocycles. The summed E-state index contributed by atoms with van der Waals surface area (Å²) in [5.41, 5.74) is 4.04. The van der Waals surface area contributed by atoms with Gasteiger partial charge in [0.1, 0.15) is 11.5 Å². The third-order valence-corrected chi connectivity index (χ3v) is 6.96. The minimum absolute atomic E-state index is 0. The van der Waals surface area contributed by atoms with Gasteiger partial charge in [-0.2, -0.15) is 0 Å². The van der Waals surface area contributed by atoms with Gasteiger partial charge in [-0.25, -0.2) is 0 Å². The van der Waals surface area contributed by atoms with E-state index in [0.29, 0.717) is 52.9 Å². The van der Waals surface area contributed by atoms with E-state index in [2.05, 4.69) is 34.6 Å². The summed E-state index contributed by atoms with van der Waals surface area (Å²) in [5.74, 6) is 9.00. The van der Waals surface area contributed by atoms with E-state index in [4.69, 9.17) is 28.4 Å². The molecule has 1 aromatic carbocycles. The molecule has 1 saturated carbocycles. The van der Waals surface area contributed by atoms with Crippen molar-refractivity contribution in [1.82, 2.24) is 0 Å². The molecule has 0 spiro atoms. The second-order valence-corrected chi connectivity index (χ2v) is 9.72. The second-order valence-electron chi connectivity index (χ2n) is 9.72. The molecule has 3 rings (SSSR count). The Morgan fingerprint density at radius 1 is 0.444 bits per heavy atom. The molecular formula is C28H43B2F8IrO6+. The van der Waals surface area contributed by atoms with Crippen LogP contribution >= 0.6 is 0 Å². The zero-order valence-corrected chi connectivity index (χ0v) is 29.5. The van der Waals surface area contributed by atoms with Crippen LogP contribution in [0.25, 0.3) is 0 Å². The molecule has 0 N–H and O–H groups in total. The zero-order chi connectivity index (χ0) is 34.3. The number of methoxy groups -OCH3 is 2. The van der Waals surface area contributed by atoms with Crippen LogP contribution in [0.2, 0.25) is 0 Å². The fraction of sp³-hybridized carbons (Fsp3) is 0.607. The first-order valence-electron chi connectivity index (χ1n) is 13.7. The molecule has 1 fully saturated rings. The summed E-state index contributed by atoms with van der Waals surface area (Å²) in [6, 6.07) is 0. The Morgan fingerprint density at radius 3 is 0.889 bits per heavy atom. The van der Waals surface area contributed by atoms with Crippen molar-refractivity contribution < 1.29 is 83.1 Å². The molecule has 5 radical (unpaired) electrons. The van der Waals surface area contributed by atoms with E-state index in [0.717, 1.165) is 33.8 Å². The first-order valence-corrected chi connectivity index (χ1v) is 13.7. The molecule has 45 heavy (non-hydrogen) atoms. The predicted molar refractivity (Wildman–Crippen MR) is 155 cm³/mol. The summed E-state index contributed by atoms with van der Waals surface area (Å²) in [4.78, 5) is 0. The van der Waals surface area contributed by atoms with Gasteiger partial charge in [0.15, 0.2) is 0 Å². The maximum absolute atomic E-state index is 9.75. The van der Waals surface area contributed by atoms with Gasteiger partial charge in [-0.1, -0.05) is 34.6 Å². The minimum Gasteiger partial charge on any atom is -0.496 e. The van der Waals surface area contributed by atoms with Crippen LogP contribution in [0.3, 0.4) is 0 Å². The molecule has 1 aromatic rings. The van der Waals surface area contributed by atoms with Crippen LogP contribution in [0.5, 0.6) is 11.5 Å². The summed E-state index contributed by atoms with van der Waals surface area (Å²) in [5, 5.41) is 0. The van der Waals surface area contributed by atoms with Gasteiger partial charge in [-0.15, -0.1) is 0 Å².